The zero-order valence-electron chi connectivity index (χ0n) is 17.4. The summed E-state index contributed by atoms with van der Waals surface area (Å²) >= 11 is 0. The van der Waals surface area contributed by atoms with Gasteiger partial charge in [0.05, 0.1) is 17.7 Å². The van der Waals surface area contributed by atoms with Crippen molar-refractivity contribution in [2.24, 2.45) is 0 Å². The van der Waals surface area contributed by atoms with Gasteiger partial charge in [0.15, 0.2) is 0 Å². The summed E-state index contributed by atoms with van der Waals surface area (Å²) in [6.45, 7) is 6.89. The molecule has 7 heteroatoms. The standard InChI is InChI=1S/C23H26N4O3/c1-16-5-3-4-6-17(16)14-26-9-11-27(12-10-26)15-21(28)24-18-7-8-19-20(13-18)23(30)25(2)22(19)29/h3-8,13H,9-12,14-15H2,1-2H3,(H,24,28). The zero-order valence-corrected chi connectivity index (χ0v) is 17.4. The number of hydrogen-bond acceptors (Lipinski definition) is 5. The third-order valence-electron chi connectivity index (χ3n) is 5.86. The maximum Gasteiger partial charge on any atom is 0.261 e. The van der Waals surface area contributed by atoms with Crippen molar-refractivity contribution in [2.75, 3.05) is 45.1 Å². The van der Waals surface area contributed by atoms with Crippen molar-refractivity contribution in [2.45, 2.75) is 13.5 Å². The number of piperazine rings is 1. The molecule has 1 N–H and O–H groups in total. The van der Waals surface area contributed by atoms with E-state index in [2.05, 4.69) is 46.3 Å². The predicted octanol–water partition coefficient (Wildman–Crippen LogP) is 1.98. The first kappa shape index (κ1) is 20.3. The number of aryl methyl sites for hydroxylation is 1. The highest BCUT2D eigenvalue weighted by Gasteiger charge is 2.32. The number of hydrogen-bond donors (Lipinski definition) is 1. The van der Waals surface area contributed by atoms with Gasteiger partial charge in [-0.3, -0.25) is 29.1 Å². The van der Waals surface area contributed by atoms with Crippen LogP contribution in [0.3, 0.4) is 0 Å². The van der Waals surface area contributed by atoms with Crippen molar-refractivity contribution in [3.8, 4) is 0 Å². The van der Waals surface area contributed by atoms with E-state index in [0.29, 0.717) is 23.4 Å². The molecule has 2 heterocycles. The summed E-state index contributed by atoms with van der Waals surface area (Å²) in [6, 6.07) is 13.3. The molecule has 0 aliphatic carbocycles. The van der Waals surface area contributed by atoms with Crippen LogP contribution in [0.4, 0.5) is 5.69 Å². The number of amides is 3. The van der Waals surface area contributed by atoms with Crippen LogP contribution in [0.5, 0.6) is 0 Å². The molecule has 0 radical (unpaired) electrons. The van der Waals surface area contributed by atoms with Crippen LogP contribution < -0.4 is 5.32 Å². The number of benzene rings is 2. The Morgan fingerprint density at radius 3 is 2.33 bits per heavy atom. The van der Waals surface area contributed by atoms with Crippen LogP contribution in [0.1, 0.15) is 31.8 Å². The molecule has 7 nitrogen and oxygen atoms in total. The van der Waals surface area contributed by atoms with Gasteiger partial charge in [-0.25, -0.2) is 0 Å². The van der Waals surface area contributed by atoms with E-state index < -0.39 is 0 Å². The number of carbonyl (C=O) groups is 3. The van der Waals surface area contributed by atoms with E-state index in [-0.39, 0.29) is 17.7 Å². The molecule has 3 amide bonds. The Balaban J connectivity index is 1.28. The van der Waals surface area contributed by atoms with Gasteiger partial charge >= 0.3 is 0 Å². The van der Waals surface area contributed by atoms with Gasteiger partial charge in [0.2, 0.25) is 5.91 Å². The van der Waals surface area contributed by atoms with Crippen molar-refractivity contribution < 1.29 is 14.4 Å². The molecule has 0 bridgehead atoms. The van der Waals surface area contributed by atoms with Gasteiger partial charge in [-0.1, -0.05) is 24.3 Å². The molecule has 1 saturated heterocycles. The van der Waals surface area contributed by atoms with Crippen LogP contribution in [0.15, 0.2) is 42.5 Å². The molecular weight excluding hydrogens is 380 g/mol. The molecule has 0 spiro atoms. The van der Waals surface area contributed by atoms with E-state index in [1.54, 1.807) is 18.2 Å². The number of nitrogens with one attached hydrogen (secondary N) is 1. The highest BCUT2D eigenvalue weighted by molar-refractivity contribution is 6.21. The second-order valence-electron chi connectivity index (χ2n) is 7.96. The van der Waals surface area contributed by atoms with Gasteiger partial charge in [-0.05, 0) is 36.2 Å². The maximum absolute atomic E-state index is 12.5. The Kier molecular flexibility index (Phi) is 5.65. The minimum absolute atomic E-state index is 0.118. The number of imide groups is 1. The van der Waals surface area contributed by atoms with Crippen molar-refractivity contribution in [1.82, 2.24) is 14.7 Å². The molecule has 156 valence electrons. The van der Waals surface area contributed by atoms with E-state index in [9.17, 15) is 14.4 Å². The second-order valence-corrected chi connectivity index (χ2v) is 7.96. The Labute approximate surface area is 176 Å². The Morgan fingerprint density at radius 1 is 0.933 bits per heavy atom. The first-order valence-electron chi connectivity index (χ1n) is 10.2. The third kappa shape index (κ3) is 4.13. The Morgan fingerprint density at radius 2 is 1.60 bits per heavy atom. The Bertz CT molecular complexity index is 996. The van der Waals surface area contributed by atoms with Crippen molar-refractivity contribution in [3.05, 3.63) is 64.7 Å². The highest BCUT2D eigenvalue weighted by Crippen LogP contribution is 2.24. The van der Waals surface area contributed by atoms with Gasteiger partial charge in [-0.15, -0.1) is 0 Å². The van der Waals surface area contributed by atoms with Gasteiger partial charge in [0.25, 0.3) is 11.8 Å². The fourth-order valence-corrected chi connectivity index (χ4v) is 3.98. The molecule has 0 atom stereocenters. The number of anilines is 1. The predicted molar refractivity (Wildman–Crippen MR) is 114 cm³/mol. The lowest BCUT2D eigenvalue weighted by Crippen LogP contribution is -2.48. The average Bonchev–Trinajstić information content (AvgIpc) is 2.95. The fraction of sp³-hybridized carbons (Fsp3) is 0.348. The van der Waals surface area contributed by atoms with E-state index >= 15 is 0 Å². The van der Waals surface area contributed by atoms with Crippen molar-refractivity contribution in [1.29, 1.82) is 0 Å². The molecule has 2 aromatic carbocycles. The van der Waals surface area contributed by atoms with Crippen LogP contribution in [0, 0.1) is 6.92 Å². The summed E-state index contributed by atoms with van der Waals surface area (Å²) in [5.41, 5.74) is 3.91. The van der Waals surface area contributed by atoms with Gasteiger partial charge in [0, 0.05) is 45.5 Å². The van der Waals surface area contributed by atoms with Crippen LogP contribution in [-0.4, -0.2) is 72.2 Å². The van der Waals surface area contributed by atoms with E-state index in [0.717, 1.165) is 37.6 Å². The number of nitrogens with zero attached hydrogens (tertiary/aromatic N) is 3. The molecule has 0 saturated carbocycles. The smallest absolute Gasteiger partial charge is 0.261 e. The fourth-order valence-electron chi connectivity index (χ4n) is 3.98. The zero-order chi connectivity index (χ0) is 21.3. The summed E-state index contributed by atoms with van der Waals surface area (Å²) in [7, 11) is 1.46. The number of rotatable bonds is 5. The van der Waals surface area contributed by atoms with Crippen LogP contribution >= 0.6 is 0 Å². The molecule has 0 unspecified atom stereocenters. The summed E-state index contributed by atoms with van der Waals surface area (Å²) in [6.07, 6.45) is 0. The lowest BCUT2D eigenvalue weighted by molar-refractivity contribution is -0.117. The summed E-state index contributed by atoms with van der Waals surface area (Å²) < 4.78 is 0. The molecule has 4 rings (SSSR count). The van der Waals surface area contributed by atoms with Gasteiger partial charge < -0.3 is 5.32 Å². The summed E-state index contributed by atoms with van der Waals surface area (Å²) in [5.74, 6) is -0.764. The van der Waals surface area contributed by atoms with E-state index in [1.807, 2.05) is 0 Å². The van der Waals surface area contributed by atoms with Crippen LogP contribution in [0.2, 0.25) is 0 Å². The molecule has 30 heavy (non-hydrogen) atoms. The lowest BCUT2D eigenvalue weighted by atomic mass is 10.1. The molecular formula is C23H26N4O3. The summed E-state index contributed by atoms with van der Waals surface area (Å²) in [4.78, 5) is 42.2. The first-order valence-corrected chi connectivity index (χ1v) is 10.2. The normalized spacial score (nSPS) is 17.3. The van der Waals surface area contributed by atoms with Crippen LogP contribution in [0.25, 0.3) is 0 Å². The first-order chi connectivity index (χ1) is 14.4. The quantitative estimate of drug-likeness (QED) is 0.769. The highest BCUT2D eigenvalue weighted by atomic mass is 16.2. The number of fused-ring (bicyclic) bond motifs is 1. The molecule has 2 aromatic rings. The Hall–Kier alpha value is -3.03. The van der Waals surface area contributed by atoms with E-state index in [4.69, 9.17) is 0 Å². The number of carbonyl (C=O) groups excluding carboxylic acids is 3. The van der Waals surface area contributed by atoms with Crippen molar-refractivity contribution in [3.63, 3.8) is 0 Å². The topological polar surface area (TPSA) is 73.0 Å². The van der Waals surface area contributed by atoms with E-state index in [1.165, 1.54) is 18.2 Å². The maximum atomic E-state index is 12.5. The van der Waals surface area contributed by atoms with Crippen molar-refractivity contribution >= 4 is 23.4 Å². The molecule has 2 aliphatic heterocycles. The monoisotopic (exact) mass is 406 g/mol. The molecule has 1 fully saturated rings. The lowest BCUT2D eigenvalue weighted by Gasteiger charge is -2.34. The van der Waals surface area contributed by atoms with Gasteiger partial charge in [0.1, 0.15) is 0 Å². The second kappa shape index (κ2) is 8.38. The third-order valence-corrected chi connectivity index (χ3v) is 5.86. The SMILES string of the molecule is Cc1ccccc1CN1CCN(CC(=O)Nc2ccc3c(c2)C(=O)N(C)C3=O)CC1. The van der Waals surface area contributed by atoms with Crippen LogP contribution in [-0.2, 0) is 11.3 Å². The largest absolute Gasteiger partial charge is 0.325 e. The average molecular weight is 406 g/mol. The minimum atomic E-state index is -0.337. The minimum Gasteiger partial charge on any atom is -0.325 e. The molecule has 2 aliphatic rings. The van der Waals surface area contributed by atoms with Gasteiger partial charge in [-0.2, -0.15) is 0 Å². The summed E-state index contributed by atoms with van der Waals surface area (Å²) in [5, 5.41) is 2.85. The molecule has 0 aromatic heterocycles.